The van der Waals surface area contributed by atoms with Crippen LogP contribution in [0.4, 0.5) is 11.4 Å². The minimum absolute atomic E-state index is 0.0400. The maximum absolute atomic E-state index is 13.1. The van der Waals surface area contributed by atoms with E-state index in [-0.39, 0.29) is 34.2 Å². The zero-order valence-electron chi connectivity index (χ0n) is 18.8. The number of benzene rings is 2. The van der Waals surface area contributed by atoms with Gasteiger partial charge in [0.25, 0.3) is 5.91 Å². The molecule has 4 aromatic rings. The average Bonchev–Trinajstić information content (AvgIpc) is 3.63. The molecular weight excluding hydrogens is 470 g/mol. The third-order valence-electron chi connectivity index (χ3n) is 5.52. The zero-order chi connectivity index (χ0) is 24.4. The first-order valence-corrected chi connectivity index (χ1v) is 12.6. The molecule has 0 bridgehead atoms. The average molecular weight is 494 g/mol. The summed E-state index contributed by atoms with van der Waals surface area (Å²) in [4.78, 5) is 20.9. The topological polar surface area (TPSA) is 135 Å². The maximum atomic E-state index is 13.1. The molecule has 2 aromatic carbocycles. The molecule has 11 heteroatoms. The van der Waals surface area contributed by atoms with Crippen molar-refractivity contribution in [2.24, 2.45) is 0 Å². The van der Waals surface area contributed by atoms with E-state index in [1.165, 1.54) is 25.6 Å². The Kier molecular flexibility index (Phi) is 6.10. The lowest BCUT2D eigenvalue weighted by Crippen LogP contribution is -2.25. The number of para-hydroxylation sites is 1. The summed E-state index contributed by atoms with van der Waals surface area (Å²) in [5.41, 5.74) is 1.41. The van der Waals surface area contributed by atoms with E-state index in [2.05, 4.69) is 25.9 Å². The van der Waals surface area contributed by atoms with Crippen LogP contribution in [0, 0.1) is 0 Å². The third-order valence-corrected chi connectivity index (χ3v) is 7.09. The van der Waals surface area contributed by atoms with Gasteiger partial charge in [0, 0.05) is 25.4 Å². The minimum Gasteiger partial charge on any atom is -0.425 e. The van der Waals surface area contributed by atoms with Crippen LogP contribution in [0.25, 0.3) is 11.0 Å². The largest absolute Gasteiger partial charge is 0.425 e. The predicted octanol–water partition coefficient (Wildman–Crippen LogP) is 3.60. The number of rotatable bonds is 9. The van der Waals surface area contributed by atoms with Crippen LogP contribution in [0.5, 0.6) is 11.8 Å². The second kappa shape index (κ2) is 9.35. The van der Waals surface area contributed by atoms with Crippen LogP contribution in [-0.4, -0.2) is 43.3 Å². The van der Waals surface area contributed by atoms with E-state index in [0.29, 0.717) is 22.3 Å². The lowest BCUT2D eigenvalue weighted by atomic mass is 10.1. The number of sulfone groups is 1. The smallest absolute Gasteiger partial charge is 0.305 e. The van der Waals surface area contributed by atoms with Crippen molar-refractivity contribution in [3.8, 4) is 11.8 Å². The molecule has 1 aliphatic carbocycles. The number of ether oxygens (including phenoxy) is 1. The molecule has 0 radical (unpaired) electrons. The quantitative estimate of drug-likeness (QED) is 0.319. The number of carbonyl (C=O) groups is 1. The molecule has 1 saturated carbocycles. The van der Waals surface area contributed by atoms with Crippen molar-refractivity contribution in [1.82, 2.24) is 20.6 Å². The molecule has 0 spiro atoms. The van der Waals surface area contributed by atoms with E-state index in [1.54, 1.807) is 42.5 Å². The summed E-state index contributed by atoms with van der Waals surface area (Å²) in [7, 11) is -2.10. The summed E-state index contributed by atoms with van der Waals surface area (Å²) in [6.07, 6.45) is 4.80. The van der Waals surface area contributed by atoms with Gasteiger partial charge in [-0.15, -0.1) is 0 Å². The van der Waals surface area contributed by atoms with E-state index >= 15 is 0 Å². The van der Waals surface area contributed by atoms with Gasteiger partial charge in [0.15, 0.2) is 9.84 Å². The highest BCUT2D eigenvalue weighted by Crippen LogP contribution is 2.40. The first-order chi connectivity index (χ1) is 17.0. The summed E-state index contributed by atoms with van der Waals surface area (Å²) in [6.45, 7) is 0. The second-order valence-corrected chi connectivity index (χ2v) is 9.99. The van der Waals surface area contributed by atoms with Gasteiger partial charge in [-0.05, 0) is 37.1 Å². The summed E-state index contributed by atoms with van der Waals surface area (Å²) in [5.74, 6) is -0.413. The molecule has 1 aliphatic rings. The lowest BCUT2D eigenvalue weighted by Gasteiger charge is -2.14. The minimum atomic E-state index is -3.60. The molecule has 0 atom stereocenters. The molecule has 2 heterocycles. The number of fused-ring (bicyclic) bond motifs is 1. The van der Waals surface area contributed by atoms with E-state index in [1.807, 2.05) is 0 Å². The Bertz CT molecular complexity index is 1480. The highest BCUT2D eigenvalue weighted by atomic mass is 32.2. The fourth-order valence-corrected chi connectivity index (χ4v) is 5.00. The van der Waals surface area contributed by atoms with Crippen LogP contribution in [0.1, 0.15) is 23.2 Å². The van der Waals surface area contributed by atoms with Crippen LogP contribution >= 0.6 is 0 Å². The van der Waals surface area contributed by atoms with Crippen molar-refractivity contribution in [3.05, 3.63) is 66.6 Å². The van der Waals surface area contributed by atoms with Crippen molar-refractivity contribution in [2.75, 3.05) is 18.2 Å². The second-order valence-electron chi connectivity index (χ2n) is 8.03. The van der Waals surface area contributed by atoms with Crippen molar-refractivity contribution in [2.45, 2.75) is 23.8 Å². The molecular formula is C24H23N5O5S. The van der Waals surface area contributed by atoms with Crippen LogP contribution in [0.2, 0.25) is 0 Å². The van der Waals surface area contributed by atoms with Gasteiger partial charge in [-0.2, -0.15) is 0 Å². The first-order valence-electron chi connectivity index (χ1n) is 11.0. The van der Waals surface area contributed by atoms with Crippen LogP contribution in [0.3, 0.4) is 0 Å². The van der Waals surface area contributed by atoms with Gasteiger partial charge < -0.3 is 25.1 Å². The highest BCUT2D eigenvalue weighted by Gasteiger charge is 2.27. The predicted molar refractivity (Wildman–Crippen MR) is 130 cm³/mol. The molecule has 3 N–H and O–H groups in total. The van der Waals surface area contributed by atoms with E-state index in [4.69, 9.17) is 9.15 Å². The Balaban J connectivity index is 1.56. The van der Waals surface area contributed by atoms with Crippen LogP contribution in [0.15, 0.2) is 70.4 Å². The van der Waals surface area contributed by atoms with Crippen molar-refractivity contribution < 1.29 is 22.4 Å². The molecule has 5 rings (SSSR count). The van der Waals surface area contributed by atoms with E-state index in [0.717, 1.165) is 12.8 Å². The van der Waals surface area contributed by atoms with Crippen LogP contribution < -0.4 is 20.7 Å². The van der Waals surface area contributed by atoms with E-state index in [9.17, 15) is 13.2 Å². The maximum Gasteiger partial charge on any atom is 0.305 e. The summed E-state index contributed by atoms with van der Waals surface area (Å²) >= 11 is 0. The fraction of sp³-hybridized carbons (Fsp3) is 0.208. The Morgan fingerprint density at radius 2 is 1.91 bits per heavy atom. The van der Waals surface area contributed by atoms with Crippen LogP contribution in [-0.2, 0) is 9.84 Å². The van der Waals surface area contributed by atoms with Crippen molar-refractivity contribution >= 4 is 38.1 Å². The summed E-state index contributed by atoms with van der Waals surface area (Å²) < 4.78 is 37.7. The van der Waals surface area contributed by atoms with Gasteiger partial charge in [-0.25, -0.2) is 18.4 Å². The zero-order valence-corrected chi connectivity index (χ0v) is 19.6. The standard InChI is InChI=1S/C24H23N5O5S/c1-25-23(30)22-21-17(6-4-7-18(21)33-24(22)34-20-11-12-26-13-27-20)29-16-5-2-3-8-19(16)35(31,32)14-28-15-9-10-15/h2-8,11-13,15,28-29H,9-10,14H2,1H3,(H,25,30). The molecule has 1 amide bonds. The fourth-order valence-electron chi connectivity index (χ4n) is 3.65. The number of carbonyl (C=O) groups excluding carboxylic acids is 1. The third kappa shape index (κ3) is 4.81. The van der Waals surface area contributed by atoms with Gasteiger partial charge in [0.1, 0.15) is 23.4 Å². The number of hydrogen-bond acceptors (Lipinski definition) is 9. The molecule has 0 unspecified atom stereocenters. The molecule has 10 nitrogen and oxygen atoms in total. The Hall–Kier alpha value is -3.96. The highest BCUT2D eigenvalue weighted by molar-refractivity contribution is 7.91. The lowest BCUT2D eigenvalue weighted by molar-refractivity contribution is 0.0960. The molecule has 0 aliphatic heterocycles. The molecule has 0 saturated heterocycles. The van der Waals surface area contributed by atoms with E-state index < -0.39 is 15.7 Å². The van der Waals surface area contributed by atoms with Gasteiger partial charge in [0.05, 0.1) is 21.7 Å². The Labute approximate surface area is 201 Å². The number of nitrogens with one attached hydrogen (secondary N) is 3. The van der Waals surface area contributed by atoms with Crippen molar-refractivity contribution in [3.63, 3.8) is 0 Å². The summed E-state index contributed by atoms with van der Waals surface area (Å²) in [5, 5.41) is 9.30. The van der Waals surface area contributed by atoms with Crippen molar-refractivity contribution in [1.29, 1.82) is 0 Å². The molecule has 1 fully saturated rings. The monoisotopic (exact) mass is 493 g/mol. The van der Waals surface area contributed by atoms with Gasteiger partial charge in [-0.3, -0.25) is 4.79 Å². The van der Waals surface area contributed by atoms with Gasteiger partial charge in [0.2, 0.25) is 5.88 Å². The number of nitrogens with zero attached hydrogens (tertiary/aromatic N) is 2. The van der Waals surface area contributed by atoms with Gasteiger partial charge in [-0.1, -0.05) is 18.2 Å². The Morgan fingerprint density at radius 1 is 1.11 bits per heavy atom. The normalized spacial score (nSPS) is 13.5. The first kappa shape index (κ1) is 22.8. The van der Waals surface area contributed by atoms with Gasteiger partial charge >= 0.3 is 5.95 Å². The molecule has 180 valence electrons. The number of hydrogen-bond donors (Lipinski definition) is 3. The molecule has 35 heavy (non-hydrogen) atoms. The SMILES string of the molecule is CNC(=O)c1c(Oc2ccncn2)oc2cccc(Nc3ccccc3S(=O)(=O)CNC3CC3)c12. The molecule has 2 aromatic heterocycles. The number of anilines is 2. The number of amides is 1. The summed E-state index contributed by atoms with van der Waals surface area (Å²) in [6, 6.07) is 13.6. The Morgan fingerprint density at radius 3 is 2.66 bits per heavy atom. The number of aromatic nitrogens is 2. The number of furan rings is 1.